The first-order valence-electron chi connectivity index (χ1n) is 12.5. The Hall–Kier alpha value is -4.93. The van der Waals surface area contributed by atoms with Crippen LogP contribution in [0.15, 0.2) is 55.1 Å². The maximum absolute atomic E-state index is 12.8. The lowest BCUT2D eigenvalue weighted by atomic mass is 10.1. The molecule has 0 aliphatic carbocycles. The SMILES string of the molecule is C#Cc1ccc(C(=O)N2CCN(c3ccc(-c4cc(OCC(C)(C)O)cn5ncc(C#N)c45)cn3)CC2)nc1. The lowest BCUT2D eigenvalue weighted by molar-refractivity contribution is 0.0283. The number of terminal acetylenes is 1. The summed E-state index contributed by atoms with van der Waals surface area (Å²) in [6.07, 6.45) is 11.9. The number of rotatable bonds is 6. The average molecular weight is 522 g/mol. The van der Waals surface area contributed by atoms with E-state index < -0.39 is 5.60 Å². The third-order valence-corrected chi connectivity index (χ3v) is 6.40. The smallest absolute Gasteiger partial charge is 0.272 e. The summed E-state index contributed by atoms with van der Waals surface area (Å²) < 4.78 is 7.41. The first kappa shape index (κ1) is 25.7. The van der Waals surface area contributed by atoms with Gasteiger partial charge in [-0.15, -0.1) is 6.42 Å². The van der Waals surface area contributed by atoms with Gasteiger partial charge in [-0.3, -0.25) is 4.79 Å². The number of carbonyl (C=O) groups is 1. The van der Waals surface area contributed by atoms with Gasteiger partial charge in [0.05, 0.1) is 29.1 Å². The largest absolute Gasteiger partial charge is 0.489 e. The van der Waals surface area contributed by atoms with E-state index in [2.05, 4.69) is 32.0 Å². The number of aromatic nitrogens is 4. The average Bonchev–Trinajstić information content (AvgIpc) is 3.38. The molecule has 0 aromatic carbocycles. The summed E-state index contributed by atoms with van der Waals surface area (Å²) >= 11 is 0. The highest BCUT2D eigenvalue weighted by atomic mass is 16.5. The van der Waals surface area contributed by atoms with Crippen molar-refractivity contribution in [2.45, 2.75) is 19.4 Å². The van der Waals surface area contributed by atoms with Gasteiger partial charge in [-0.1, -0.05) is 5.92 Å². The molecular weight excluding hydrogens is 494 g/mol. The van der Waals surface area contributed by atoms with Gasteiger partial charge in [0.15, 0.2) is 0 Å². The maximum Gasteiger partial charge on any atom is 0.272 e. The monoisotopic (exact) mass is 521 g/mol. The molecule has 0 saturated carbocycles. The van der Waals surface area contributed by atoms with Crippen molar-refractivity contribution in [2.75, 3.05) is 37.7 Å². The van der Waals surface area contributed by atoms with E-state index in [4.69, 9.17) is 11.2 Å². The third-order valence-electron chi connectivity index (χ3n) is 6.40. The fourth-order valence-electron chi connectivity index (χ4n) is 4.38. The van der Waals surface area contributed by atoms with Gasteiger partial charge in [-0.2, -0.15) is 10.4 Å². The molecule has 4 aromatic rings. The lowest BCUT2D eigenvalue weighted by Gasteiger charge is -2.35. The molecule has 196 valence electrons. The van der Waals surface area contributed by atoms with E-state index in [9.17, 15) is 15.2 Å². The number of nitrogens with zero attached hydrogens (tertiary/aromatic N) is 7. The molecule has 5 heterocycles. The van der Waals surface area contributed by atoms with Gasteiger partial charge < -0.3 is 19.6 Å². The summed E-state index contributed by atoms with van der Waals surface area (Å²) in [5, 5.41) is 24.0. The first-order valence-corrected chi connectivity index (χ1v) is 12.5. The van der Waals surface area contributed by atoms with Crippen LogP contribution in [0.4, 0.5) is 5.82 Å². The second kappa shape index (κ2) is 10.4. The summed E-state index contributed by atoms with van der Waals surface area (Å²) in [5.74, 6) is 3.69. The Labute approximate surface area is 226 Å². The molecule has 0 radical (unpaired) electrons. The zero-order chi connectivity index (χ0) is 27.6. The number of amides is 1. The van der Waals surface area contributed by atoms with Crippen molar-refractivity contribution in [1.29, 1.82) is 5.26 Å². The number of hydrogen-bond acceptors (Lipinski definition) is 8. The van der Waals surface area contributed by atoms with Crippen molar-refractivity contribution in [3.63, 3.8) is 0 Å². The quantitative estimate of drug-likeness (QED) is 0.385. The van der Waals surface area contributed by atoms with Gasteiger partial charge in [0.1, 0.15) is 29.9 Å². The summed E-state index contributed by atoms with van der Waals surface area (Å²) in [7, 11) is 0. The molecule has 0 atom stereocenters. The van der Waals surface area contributed by atoms with Crippen LogP contribution in [0.1, 0.15) is 35.5 Å². The molecule has 5 rings (SSSR count). The summed E-state index contributed by atoms with van der Waals surface area (Å²) in [6, 6.07) is 11.3. The van der Waals surface area contributed by atoms with Crippen LogP contribution in [-0.4, -0.2) is 73.9 Å². The van der Waals surface area contributed by atoms with E-state index in [1.54, 1.807) is 47.8 Å². The zero-order valence-corrected chi connectivity index (χ0v) is 21.7. The van der Waals surface area contributed by atoms with E-state index in [1.807, 2.05) is 18.2 Å². The molecule has 0 spiro atoms. The topological polar surface area (TPSA) is 120 Å². The molecule has 39 heavy (non-hydrogen) atoms. The van der Waals surface area contributed by atoms with Gasteiger partial charge in [-0.05, 0) is 44.2 Å². The van der Waals surface area contributed by atoms with Crippen molar-refractivity contribution in [3.05, 3.63) is 71.9 Å². The molecule has 0 unspecified atom stereocenters. The maximum atomic E-state index is 12.8. The van der Waals surface area contributed by atoms with Crippen LogP contribution in [-0.2, 0) is 0 Å². The third kappa shape index (κ3) is 5.52. The highest BCUT2D eigenvalue weighted by molar-refractivity contribution is 5.92. The standard InChI is InChI=1S/C29H27N7O3/c1-4-20-5-7-25(31-15-20)28(37)35-11-9-34(10-12-35)26-8-6-21(16-32-26)24-13-23(39-19-29(2,3)38)18-36-27(24)22(14-30)17-33-36/h1,5-8,13,15-18,38H,9-12,19H2,2-3H3. The number of ether oxygens (including phenoxy) is 1. The Morgan fingerprint density at radius 3 is 2.54 bits per heavy atom. The van der Waals surface area contributed by atoms with Gasteiger partial charge in [-0.25, -0.2) is 14.5 Å². The minimum absolute atomic E-state index is 0.0995. The number of hydrogen-bond donors (Lipinski definition) is 1. The molecule has 1 aliphatic rings. The van der Waals surface area contributed by atoms with Crippen LogP contribution in [0.25, 0.3) is 16.6 Å². The van der Waals surface area contributed by atoms with E-state index in [0.717, 1.165) is 16.9 Å². The van der Waals surface area contributed by atoms with Crippen molar-refractivity contribution in [2.24, 2.45) is 0 Å². The van der Waals surface area contributed by atoms with E-state index in [-0.39, 0.29) is 12.5 Å². The molecular formula is C29H27N7O3. The minimum atomic E-state index is -1.00. The van der Waals surface area contributed by atoms with Crippen LogP contribution in [0.5, 0.6) is 5.75 Å². The molecule has 1 amide bonds. The van der Waals surface area contributed by atoms with Crippen LogP contribution < -0.4 is 9.64 Å². The molecule has 1 fully saturated rings. The Bertz CT molecular complexity index is 1580. The van der Waals surface area contributed by atoms with E-state index in [0.29, 0.717) is 54.3 Å². The van der Waals surface area contributed by atoms with Gasteiger partial charge >= 0.3 is 0 Å². The number of pyridine rings is 3. The number of aliphatic hydroxyl groups is 1. The normalized spacial score (nSPS) is 13.7. The van der Waals surface area contributed by atoms with Gasteiger partial charge in [0, 0.05) is 55.3 Å². The van der Waals surface area contributed by atoms with Crippen molar-refractivity contribution in [1.82, 2.24) is 24.5 Å². The first-order chi connectivity index (χ1) is 18.8. The minimum Gasteiger partial charge on any atom is -0.489 e. The van der Waals surface area contributed by atoms with Crippen LogP contribution in [0, 0.1) is 23.7 Å². The molecule has 1 N–H and O–H groups in total. The fourth-order valence-corrected chi connectivity index (χ4v) is 4.38. The van der Waals surface area contributed by atoms with Crippen molar-refractivity contribution >= 4 is 17.2 Å². The lowest BCUT2D eigenvalue weighted by Crippen LogP contribution is -2.49. The summed E-state index contributed by atoms with van der Waals surface area (Å²) in [6.45, 7) is 5.79. The molecule has 1 saturated heterocycles. The number of carbonyl (C=O) groups excluding carboxylic acids is 1. The van der Waals surface area contributed by atoms with E-state index in [1.165, 1.54) is 12.4 Å². The molecule has 0 bridgehead atoms. The Kier molecular flexibility index (Phi) is 6.88. The highest BCUT2D eigenvalue weighted by Gasteiger charge is 2.24. The van der Waals surface area contributed by atoms with Crippen molar-refractivity contribution in [3.8, 4) is 35.3 Å². The van der Waals surface area contributed by atoms with Crippen LogP contribution >= 0.6 is 0 Å². The second-order valence-electron chi connectivity index (χ2n) is 9.91. The van der Waals surface area contributed by atoms with E-state index >= 15 is 0 Å². The number of anilines is 1. The Morgan fingerprint density at radius 1 is 1.13 bits per heavy atom. The number of fused-ring (bicyclic) bond motifs is 1. The van der Waals surface area contributed by atoms with Gasteiger partial charge in [0.2, 0.25) is 0 Å². The molecule has 10 nitrogen and oxygen atoms in total. The Balaban J connectivity index is 1.32. The van der Waals surface area contributed by atoms with Crippen LogP contribution in [0.2, 0.25) is 0 Å². The summed E-state index contributed by atoms with van der Waals surface area (Å²) in [4.78, 5) is 25.6. The number of nitriles is 1. The predicted molar refractivity (Wildman–Crippen MR) is 145 cm³/mol. The number of piperazine rings is 1. The zero-order valence-electron chi connectivity index (χ0n) is 21.7. The molecule has 4 aromatic heterocycles. The Morgan fingerprint density at radius 2 is 1.92 bits per heavy atom. The summed E-state index contributed by atoms with van der Waals surface area (Å²) in [5.41, 5.74) is 2.64. The fraction of sp³-hybridized carbons (Fsp3) is 0.276. The molecule has 10 heteroatoms. The molecule has 1 aliphatic heterocycles. The van der Waals surface area contributed by atoms with Gasteiger partial charge in [0.25, 0.3) is 5.91 Å². The van der Waals surface area contributed by atoms with Crippen molar-refractivity contribution < 1.29 is 14.6 Å². The van der Waals surface area contributed by atoms with Crippen LogP contribution in [0.3, 0.4) is 0 Å². The highest BCUT2D eigenvalue weighted by Crippen LogP contribution is 2.31. The predicted octanol–water partition coefficient (Wildman–Crippen LogP) is 2.76. The second-order valence-corrected chi connectivity index (χ2v) is 9.91.